The molecule has 1 saturated carbocycles. The predicted octanol–water partition coefficient (Wildman–Crippen LogP) is 3.67. The molecular formula is C30H34ClFN7O3PS. The highest BCUT2D eigenvalue weighted by atomic mass is 35.5. The van der Waals surface area contributed by atoms with Crippen LogP contribution in [-0.2, 0) is 11.5 Å². The summed E-state index contributed by atoms with van der Waals surface area (Å²) < 4.78 is 41.4. The number of nitrogens with zero attached hydrogens (tertiary/aromatic N) is 5. The van der Waals surface area contributed by atoms with E-state index in [2.05, 4.69) is 38.5 Å². The average molecular weight is 658 g/mol. The highest BCUT2D eigenvalue weighted by Gasteiger charge is 2.46. The number of hydrogen-bond donors (Lipinski definition) is 3. The maximum Gasteiger partial charge on any atom is 0.319 e. The highest BCUT2D eigenvalue weighted by molar-refractivity contribution is 7.87. The summed E-state index contributed by atoms with van der Waals surface area (Å²) in [6, 6.07) is 6.81. The van der Waals surface area contributed by atoms with E-state index in [0.717, 1.165) is 37.5 Å². The Balaban J connectivity index is 1.36. The molecule has 44 heavy (non-hydrogen) atoms. The van der Waals surface area contributed by atoms with E-state index in [0.29, 0.717) is 58.8 Å². The van der Waals surface area contributed by atoms with E-state index in [1.54, 1.807) is 12.3 Å². The van der Waals surface area contributed by atoms with E-state index in [-0.39, 0.29) is 28.4 Å². The van der Waals surface area contributed by atoms with Crippen molar-refractivity contribution in [1.29, 1.82) is 0 Å². The van der Waals surface area contributed by atoms with Crippen LogP contribution in [0.2, 0.25) is 5.02 Å². The molecule has 3 atom stereocenters. The topological polar surface area (TPSA) is 122 Å². The van der Waals surface area contributed by atoms with Crippen molar-refractivity contribution in [1.82, 2.24) is 29.3 Å². The number of benzene rings is 2. The molecule has 3 unspecified atom stereocenters. The Bertz CT molecular complexity index is 1780. The number of piperidine rings is 1. The van der Waals surface area contributed by atoms with Crippen molar-refractivity contribution in [3.05, 3.63) is 41.3 Å². The Kier molecular flexibility index (Phi) is 7.76. The van der Waals surface area contributed by atoms with E-state index >= 15 is 4.39 Å². The summed E-state index contributed by atoms with van der Waals surface area (Å²) in [7, 11) is 6.66. The van der Waals surface area contributed by atoms with Gasteiger partial charge >= 0.3 is 6.01 Å². The first-order chi connectivity index (χ1) is 21.1. The van der Waals surface area contributed by atoms with Gasteiger partial charge in [-0.3, -0.25) is 4.98 Å². The van der Waals surface area contributed by atoms with E-state index < -0.39 is 22.9 Å². The number of rotatable bonds is 7. The first kappa shape index (κ1) is 30.1. The van der Waals surface area contributed by atoms with Crippen LogP contribution in [0, 0.1) is 11.2 Å². The fourth-order valence-corrected chi connectivity index (χ4v) is 8.18. The van der Waals surface area contributed by atoms with Crippen LogP contribution in [0.5, 0.6) is 11.8 Å². The normalized spacial score (nSPS) is 22.9. The Morgan fingerprint density at radius 2 is 2.07 bits per heavy atom. The van der Waals surface area contributed by atoms with Crippen molar-refractivity contribution in [3.8, 4) is 23.0 Å². The molecular weight excluding hydrogens is 624 g/mol. The van der Waals surface area contributed by atoms with E-state index in [1.165, 1.54) is 6.07 Å². The molecule has 232 valence electrons. The fourth-order valence-electron chi connectivity index (χ4n) is 6.55. The Morgan fingerprint density at radius 1 is 1.25 bits per heavy atom. The molecule has 2 saturated heterocycles. The Labute approximate surface area is 265 Å². The quantitative estimate of drug-likeness (QED) is 0.201. The molecule has 2 aliphatic heterocycles. The molecule has 3 fully saturated rings. The number of hydrogen-bond acceptors (Lipinski definition) is 10. The molecule has 3 aliphatic rings. The lowest BCUT2D eigenvalue weighted by Gasteiger charge is -2.38. The summed E-state index contributed by atoms with van der Waals surface area (Å²) in [4.78, 5) is 18.2. The molecule has 0 amide bonds. The molecule has 2 aromatic carbocycles. The third kappa shape index (κ3) is 5.55. The van der Waals surface area contributed by atoms with Gasteiger partial charge < -0.3 is 24.2 Å². The van der Waals surface area contributed by atoms with Crippen LogP contribution in [-0.4, -0.2) is 81.9 Å². The minimum atomic E-state index is -1.31. The molecule has 3 N–H and O–H groups in total. The zero-order valence-corrected chi connectivity index (χ0v) is 27.2. The third-order valence-corrected chi connectivity index (χ3v) is 10.9. The van der Waals surface area contributed by atoms with Crippen molar-refractivity contribution < 1.29 is 18.8 Å². The Hall–Kier alpha value is -2.57. The molecule has 2 aromatic heterocycles. The zero-order chi connectivity index (χ0) is 30.8. The summed E-state index contributed by atoms with van der Waals surface area (Å²) in [5.41, 5.74) is 0.0764. The summed E-state index contributed by atoms with van der Waals surface area (Å²) in [5, 5.41) is 13.4. The number of phenolic OH excluding ortho intramolecular Hbond substituents is 1. The summed E-state index contributed by atoms with van der Waals surface area (Å²) in [5.74, 6) is -0.167. The van der Waals surface area contributed by atoms with Gasteiger partial charge in [0.1, 0.15) is 34.3 Å². The maximum atomic E-state index is 16.8. The lowest BCUT2D eigenvalue weighted by atomic mass is 9.90. The molecule has 10 nitrogen and oxygen atoms in total. The van der Waals surface area contributed by atoms with Gasteiger partial charge in [0.05, 0.1) is 29.1 Å². The molecule has 4 heterocycles. The van der Waals surface area contributed by atoms with Gasteiger partial charge in [0, 0.05) is 42.2 Å². The number of nitrogens with one attached hydrogen (secondary N) is 2. The third-order valence-electron chi connectivity index (χ3n) is 8.81. The highest BCUT2D eigenvalue weighted by Crippen LogP contribution is 2.46. The lowest BCUT2D eigenvalue weighted by molar-refractivity contribution is 0.183. The summed E-state index contributed by atoms with van der Waals surface area (Å²) >= 11 is 5.40. The fraction of sp³-hybridized carbons (Fsp3) is 0.433. The molecule has 0 radical (unpaired) electrons. The standard InChI is InChI=1S/C30H34ClFN7O3PS/c1-38(2)14-29(7-8-29)16-42-28-35-26-20(27(36-28)39-9-3-6-30(15-39)13-34-44(41)37-30)12-33-25(24(26)32)19-11-18(40)10-17-4-5-21(43)23(31)22(17)19/h4-5,10-12,34,37,40H,3,6-9,13-16,43H2,1-2H3. The molecule has 1 spiro atoms. The molecule has 7 rings (SSSR count). The van der Waals surface area contributed by atoms with Gasteiger partial charge in [-0.25, -0.2) is 4.39 Å². The second-order valence-electron chi connectivity index (χ2n) is 12.6. The molecule has 4 aromatic rings. The first-order valence-electron chi connectivity index (χ1n) is 14.6. The SMILES string of the molecule is CN(C)CC1(COc2nc(N3CCCC4(CN[S+]([O-])N4)C3)c3cnc(-c4cc(O)cc5ccc(P)c(Cl)c45)c(F)c3n2)CC1. The number of aromatic hydroxyl groups is 1. The largest absolute Gasteiger partial charge is 0.579 e. The number of pyridine rings is 1. The van der Waals surface area contributed by atoms with E-state index in [4.69, 9.17) is 21.3 Å². The lowest BCUT2D eigenvalue weighted by Crippen LogP contribution is -2.56. The van der Waals surface area contributed by atoms with Gasteiger partial charge in [0.15, 0.2) is 5.82 Å². The number of aromatic nitrogens is 3. The van der Waals surface area contributed by atoms with Gasteiger partial charge in [-0.15, -0.1) is 18.7 Å². The van der Waals surface area contributed by atoms with Crippen molar-refractivity contribution in [2.45, 2.75) is 31.2 Å². The van der Waals surface area contributed by atoms with Crippen LogP contribution in [0.1, 0.15) is 25.7 Å². The van der Waals surface area contributed by atoms with Crippen LogP contribution in [0.25, 0.3) is 32.9 Å². The minimum Gasteiger partial charge on any atom is -0.579 e. The van der Waals surface area contributed by atoms with E-state index in [1.807, 2.05) is 26.2 Å². The van der Waals surface area contributed by atoms with Crippen LogP contribution in [0.3, 0.4) is 0 Å². The molecule has 1 aliphatic carbocycles. The van der Waals surface area contributed by atoms with Crippen molar-refractivity contribution in [2.75, 3.05) is 51.8 Å². The van der Waals surface area contributed by atoms with Crippen molar-refractivity contribution in [2.24, 2.45) is 5.41 Å². The van der Waals surface area contributed by atoms with Gasteiger partial charge in [-0.1, -0.05) is 23.7 Å². The number of phenols is 1. The van der Waals surface area contributed by atoms with Crippen molar-refractivity contribution >= 4 is 65.2 Å². The number of ether oxygens (including phenoxy) is 1. The van der Waals surface area contributed by atoms with Gasteiger partial charge in [-0.2, -0.15) is 9.97 Å². The first-order valence-corrected chi connectivity index (χ1v) is 16.7. The zero-order valence-electron chi connectivity index (χ0n) is 24.5. The van der Waals surface area contributed by atoms with Crippen LogP contribution < -0.4 is 24.4 Å². The molecule has 14 heteroatoms. The number of anilines is 1. The van der Waals surface area contributed by atoms with Gasteiger partial charge in [0.25, 0.3) is 0 Å². The number of halogens is 2. The van der Waals surface area contributed by atoms with Gasteiger partial charge in [0.2, 0.25) is 0 Å². The second-order valence-corrected chi connectivity index (χ2v) is 14.6. The van der Waals surface area contributed by atoms with Crippen LogP contribution in [0.15, 0.2) is 30.5 Å². The second kappa shape index (κ2) is 11.3. The number of fused-ring (bicyclic) bond motifs is 2. The Morgan fingerprint density at radius 3 is 2.80 bits per heavy atom. The minimum absolute atomic E-state index is 0.0185. The van der Waals surface area contributed by atoms with E-state index in [9.17, 15) is 9.66 Å². The smallest absolute Gasteiger partial charge is 0.319 e. The van der Waals surface area contributed by atoms with Crippen molar-refractivity contribution in [3.63, 3.8) is 0 Å². The van der Waals surface area contributed by atoms with Crippen LogP contribution in [0.4, 0.5) is 10.2 Å². The summed E-state index contributed by atoms with van der Waals surface area (Å²) in [6.45, 7) is 3.06. The average Bonchev–Trinajstić information content (AvgIpc) is 3.66. The monoisotopic (exact) mass is 657 g/mol. The van der Waals surface area contributed by atoms with Crippen LogP contribution >= 0.6 is 20.8 Å². The maximum absolute atomic E-state index is 16.8. The predicted molar refractivity (Wildman–Crippen MR) is 175 cm³/mol. The molecule has 0 bridgehead atoms. The summed E-state index contributed by atoms with van der Waals surface area (Å²) in [6.07, 6.45) is 5.35. The van der Waals surface area contributed by atoms with Gasteiger partial charge in [-0.05, 0) is 62.6 Å².